The van der Waals surface area contributed by atoms with Gasteiger partial charge in [0.25, 0.3) is 5.91 Å². The number of hydrogen-bond acceptors (Lipinski definition) is 3. The Kier molecular flexibility index (Phi) is 3.03. The first-order chi connectivity index (χ1) is 8.69. The Morgan fingerprint density at radius 1 is 1.56 bits per heavy atom. The molecule has 0 spiro atoms. The lowest BCUT2D eigenvalue weighted by Gasteiger charge is -2.27. The van der Waals surface area contributed by atoms with Crippen LogP contribution in [0, 0.1) is 0 Å². The highest BCUT2D eigenvalue weighted by Crippen LogP contribution is 2.31. The molecule has 2 heterocycles. The van der Waals surface area contributed by atoms with Crippen LogP contribution < -0.4 is 4.74 Å². The minimum atomic E-state index is 0.0663. The summed E-state index contributed by atoms with van der Waals surface area (Å²) in [5, 5.41) is 0. The Morgan fingerprint density at radius 3 is 3.00 bits per heavy atom. The van der Waals surface area contributed by atoms with Gasteiger partial charge in [-0.15, -0.1) is 0 Å². The van der Waals surface area contributed by atoms with Crippen LogP contribution >= 0.6 is 15.9 Å². The third-order valence-electron chi connectivity index (χ3n) is 3.56. The van der Waals surface area contributed by atoms with Crippen molar-refractivity contribution in [1.82, 2.24) is 4.90 Å². The maximum absolute atomic E-state index is 12.4. The van der Waals surface area contributed by atoms with Gasteiger partial charge in [-0.2, -0.15) is 0 Å². The van der Waals surface area contributed by atoms with Crippen molar-refractivity contribution in [2.75, 3.05) is 20.3 Å². The van der Waals surface area contributed by atoms with Crippen molar-refractivity contribution in [3.8, 4) is 5.75 Å². The molecule has 0 aliphatic carbocycles. The molecular weight excluding hydrogens is 298 g/mol. The highest BCUT2D eigenvalue weighted by molar-refractivity contribution is 9.10. The van der Waals surface area contributed by atoms with Crippen LogP contribution in [0.3, 0.4) is 0 Å². The summed E-state index contributed by atoms with van der Waals surface area (Å²) in [5.41, 5.74) is 0.669. The van der Waals surface area contributed by atoms with Crippen LogP contribution in [0.1, 0.15) is 16.8 Å². The molecule has 18 heavy (non-hydrogen) atoms. The zero-order chi connectivity index (χ0) is 12.7. The number of hydrogen-bond donors (Lipinski definition) is 0. The number of carbonyl (C=O) groups excluding carboxylic acids is 1. The van der Waals surface area contributed by atoms with Gasteiger partial charge in [0, 0.05) is 12.1 Å². The van der Waals surface area contributed by atoms with E-state index in [9.17, 15) is 4.79 Å². The molecule has 1 aromatic rings. The number of halogens is 1. The minimum Gasteiger partial charge on any atom is -0.496 e. The Morgan fingerprint density at radius 2 is 2.39 bits per heavy atom. The van der Waals surface area contributed by atoms with Crippen LogP contribution in [0.15, 0.2) is 22.7 Å². The van der Waals surface area contributed by atoms with Gasteiger partial charge in [0.05, 0.1) is 30.3 Å². The number of nitrogens with zero attached hydrogens (tertiary/aromatic N) is 1. The molecule has 5 heteroatoms. The molecule has 1 amide bonds. The van der Waals surface area contributed by atoms with Crippen LogP contribution in [0.2, 0.25) is 0 Å². The van der Waals surface area contributed by atoms with Gasteiger partial charge in [-0.1, -0.05) is 0 Å². The predicted molar refractivity (Wildman–Crippen MR) is 69.9 cm³/mol. The number of fused-ring (bicyclic) bond motifs is 2. The van der Waals surface area contributed by atoms with Gasteiger partial charge >= 0.3 is 0 Å². The lowest BCUT2D eigenvalue weighted by Crippen LogP contribution is -2.41. The van der Waals surface area contributed by atoms with Crippen LogP contribution in [0.25, 0.3) is 0 Å². The third kappa shape index (κ3) is 1.91. The molecule has 2 bridgehead atoms. The third-order valence-corrected chi connectivity index (χ3v) is 4.21. The molecule has 2 saturated heterocycles. The zero-order valence-electron chi connectivity index (χ0n) is 10.1. The molecule has 2 fully saturated rings. The number of ether oxygens (including phenoxy) is 2. The van der Waals surface area contributed by atoms with Gasteiger partial charge < -0.3 is 14.4 Å². The number of carbonyl (C=O) groups is 1. The summed E-state index contributed by atoms with van der Waals surface area (Å²) >= 11 is 3.39. The molecule has 96 valence electrons. The van der Waals surface area contributed by atoms with Crippen LogP contribution in [0.5, 0.6) is 5.75 Å². The van der Waals surface area contributed by atoms with Crippen molar-refractivity contribution in [2.45, 2.75) is 18.6 Å². The van der Waals surface area contributed by atoms with Crippen LogP contribution in [-0.4, -0.2) is 43.2 Å². The first-order valence-electron chi connectivity index (χ1n) is 5.95. The van der Waals surface area contributed by atoms with E-state index in [2.05, 4.69) is 15.9 Å². The maximum Gasteiger partial charge on any atom is 0.254 e. The number of amides is 1. The van der Waals surface area contributed by atoms with Crippen molar-refractivity contribution in [3.05, 3.63) is 28.2 Å². The normalized spacial score (nSPS) is 25.6. The van der Waals surface area contributed by atoms with Gasteiger partial charge in [-0.3, -0.25) is 4.79 Å². The summed E-state index contributed by atoms with van der Waals surface area (Å²) in [6.45, 7) is 1.38. The molecule has 4 nitrogen and oxygen atoms in total. The van der Waals surface area contributed by atoms with E-state index in [-0.39, 0.29) is 18.1 Å². The Bertz CT molecular complexity index is 491. The Hall–Kier alpha value is -1.07. The predicted octanol–water partition coefficient (Wildman–Crippen LogP) is 2.07. The molecule has 0 N–H and O–H groups in total. The fourth-order valence-electron chi connectivity index (χ4n) is 2.61. The molecule has 1 aromatic carbocycles. The average Bonchev–Trinajstić information content (AvgIpc) is 3.00. The van der Waals surface area contributed by atoms with E-state index in [1.54, 1.807) is 13.2 Å². The molecule has 0 saturated carbocycles. The zero-order valence-corrected chi connectivity index (χ0v) is 11.6. The van der Waals surface area contributed by atoms with E-state index in [1.165, 1.54) is 0 Å². The van der Waals surface area contributed by atoms with E-state index < -0.39 is 0 Å². The van der Waals surface area contributed by atoms with Crippen molar-refractivity contribution in [3.63, 3.8) is 0 Å². The fraction of sp³-hybridized carbons (Fsp3) is 0.462. The number of likely N-dealkylation sites (tertiary alicyclic amines) is 1. The summed E-state index contributed by atoms with van der Waals surface area (Å²) in [7, 11) is 1.60. The van der Waals surface area contributed by atoms with Crippen molar-refractivity contribution >= 4 is 21.8 Å². The summed E-state index contributed by atoms with van der Waals surface area (Å²) in [6.07, 6.45) is 1.20. The van der Waals surface area contributed by atoms with Crippen LogP contribution in [0.4, 0.5) is 0 Å². The van der Waals surface area contributed by atoms with E-state index in [0.29, 0.717) is 24.5 Å². The average molecular weight is 312 g/mol. The molecule has 0 aromatic heterocycles. The van der Waals surface area contributed by atoms with Gasteiger partial charge in [0.1, 0.15) is 5.75 Å². The second-order valence-electron chi connectivity index (χ2n) is 4.65. The number of rotatable bonds is 2. The minimum absolute atomic E-state index is 0.0663. The first kappa shape index (κ1) is 12.0. The summed E-state index contributed by atoms with van der Waals surface area (Å²) in [4.78, 5) is 14.3. The van der Waals surface area contributed by atoms with Gasteiger partial charge in [0.2, 0.25) is 0 Å². The maximum atomic E-state index is 12.4. The highest BCUT2D eigenvalue weighted by Gasteiger charge is 2.41. The van der Waals surface area contributed by atoms with Crippen LogP contribution in [-0.2, 0) is 4.74 Å². The smallest absolute Gasteiger partial charge is 0.254 e. The molecular formula is C13H14BrNO3. The summed E-state index contributed by atoms with van der Waals surface area (Å²) < 4.78 is 11.6. The number of benzene rings is 1. The van der Waals surface area contributed by atoms with Gasteiger partial charge in [-0.05, 0) is 40.5 Å². The molecule has 2 atom stereocenters. The highest BCUT2D eigenvalue weighted by atomic mass is 79.9. The van der Waals surface area contributed by atoms with Gasteiger partial charge in [0.15, 0.2) is 0 Å². The first-order valence-corrected chi connectivity index (χ1v) is 6.74. The summed E-state index contributed by atoms with van der Waals surface area (Å²) in [5.74, 6) is 0.748. The molecule has 0 radical (unpaired) electrons. The second kappa shape index (κ2) is 4.55. The monoisotopic (exact) mass is 311 g/mol. The largest absolute Gasteiger partial charge is 0.496 e. The second-order valence-corrected chi connectivity index (χ2v) is 5.51. The van der Waals surface area contributed by atoms with E-state index in [4.69, 9.17) is 9.47 Å². The fourth-order valence-corrected chi connectivity index (χ4v) is 3.02. The standard InChI is InChI=1S/C13H14BrNO3/c1-17-12-4-8(2-3-11(12)14)13(16)15-6-10-5-9(15)7-18-10/h2-4,9-10H,5-7H2,1H3/t9?,10-/m0/s1. The summed E-state index contributed by atoms with van der Waals surface area (Å²) in [6, 6.07) is 5.69. The number of morpholine rings is 1. The van der Waals surface area contributed by atoms with Gasteiger partial charge in [-0.25, -0.2) is 0 Å². The molecule has 2 aliphatic heterocycles. The van der Waals surface area contributed by atoms with Crippen molar-refractivity contribution < 1.29 is 14.3 Å². The topological polar surface area (TPSA) is 38.8 Å². The van der Waals surface area contributed by atoms with E-state index in [0.717, 1.165) is 10.9 Å². The Balaban J connectivity index is 1.84. The lowest BCUT2D eigenvalue weighted by molar-refractivity contribution is 0.0259. The quantitative estimate of drug-likeness (QED) is 0.839. The van der Waals surface area contributed by atoms with Crippen molar-refractivity contribution in [2.24, 2.45) is 0 Å². The van der Waals surface area contributed by atoms with E-state index >= 15 is 0 Å². The molecule has 1 unspecified atom stereocenters. The number of methoxy groups -OCH3 is 1. The SMILES string of the molecule is COc1cc(C(=O)N2C[C@@H]3CC2CO3)ccc1Br. The van der Waals surface area contributed by atoms with Crippen molar-refractivity contribution in [1.29, 1.82) is 0 Å². The van der Waals surface area contributed by atoms with E-state index in [1.807, 2.05) is 17.0 Å². The lowest BCUT2D eigenvalue weighted by atomic mass is 10.1. The molecule has 3 rings (SSSR count). The Labute approximate surface area is 114 Å². The molecule has 2 aliphatic rings.